The molecule has 2 N–H and O–H groups in total. The molecule has 1 aromatic carbocycles. The summed E-state index contributed by atoms with van der Waals surface area (Å²) in [5, 5.41) is 0. The normalized spacial score (nSPS) is 17.9. The van der Waals surface area contributed by atoms with E-state index >= 15 is 0 Å². The van der Waals surface area contributed by atoms with Crippen LogP contribution in [0.3, 0.4) is 0 Å². The lowest BCUT2D eigenvalue weighted by Crippen LogP contribution is -2.41. The minimum absolute atomic E-state index is 0.284. The maximum atomic E-state index is 11.4. The second kappa shape index (κ2) is 5.27. The van der Waals surface area contributed by atoms with Crippen molar-refractivity contribution < 1.29 is 14.3 Å². The molecule has 98 valence electrons. The van der Waals surface area contributed by atoms with E-state index in [2.05, 4.69) is 9.64 Å². The molecule has 5 heteroatoms. The van der Waals surface area contributed by atoms with E-state index in [0.717, 1.165) is 12.1 Å². The summed E-state index contributed by atoms with van der Waals surface area (Å²) in [5.41, 5.74) is 7.06. The first-order valence-electron chi connectivity index (χ1n) is 5.95. The molecule has 18 heavy (non-hydrogen) atoms. The molecule has 1 atom stereocenters. The Kier molecular flexibility index (Phi) is 3.72. The summed E-state index contributed by atoms with van der Waals surface area (Å²) in [6.45, 7) is 1.22. The van der Waals surface area contributed by atoms with Crippen LogP contribution in [-0.2, 0) is 4.74 Å². The molecule has 0 fully saturated rings. The molecule has 0 saturated carbocycles. The number of nitrogens with zero attached hydrogens (tertiary/aromatic N) is 1. The van der Waals surface area contributed by atoms with Gasteiger partial charge in [0.1, 0.15) is 12.4 Å². The Bertz CT molecular complexity index is 448. The van der Waals surface area contributed by atoms with E-state index in [1.807, 2.05) is 13.1 Å². The quantitative estimate of drug-likeness (QED) is 0.811. The SMILES string of the molecule is COC(=O)c1ccc2c(c1)OCC(CCN)N2C. The molecule has 0 amide bonds. The molecule has 1 aromatic rings. The van der Waals surface area contributed by atoms with E-state index in [0.29, 0.717) is 24.5 Å². The average molecular weight is 250 g/mol. The Labute approximate surface area is 106 Å². The minimum Gasteiger partial charge on any atom is -0.489 e. The highest BCUT2D eigenvalue weighted by molar-refractivity contribution is 5.90. The van der Waals surface area contributed by atoms with Crippen molar-refractivity contribution in [3.63, 3.8) is 0 Å². The smallest absolute Gasteiger partial charge is 0.337 e. The monoisotopic (exact) mass is 250 g/mol. The second-order valence-corrected chi connectivity index (χ2v) is 4.33. The summed E-state index contributed by atoms with van der Waals surface area (Å²) in [4.78, 5) is 13.6. The molecular formula is C13H18N2O3. The van der Waals surface area contributed by atoms with Crippen molar-refractivity contribution in [1.82, 2.24) is 0 Å². The molecule has 0 aromatic heterocycles. The zero-order valence-electron chi connectivity index (χ0n) is 10.7. The lowest BCUT2D eigenvalue weighted by atomic mass is 10.1. The van der Waals surface area contributed by atoms with Crippen LogP contribution in [0.5, 0.6) is 5.75 Å². The highest BCUT2D eigenvalue weighted by Crippen LogP contribution is 2.34. The van der Waals surface area contributed by atoms with E-state index in [9.17, 15) is 4.79 Å². The Hall–Kier alpha value is -1.75. The minimum atomic E-state index is -0.354. The largest absolute Gasteiger partial charge is 0.489 e. The van der Waals surface area contributed by atoms with Gasteiger partial charge in [-0.1, -0.05) is 0 Å². The van der Waals surface area contributed by atoms with Gasteiger partial charge in [0, 0.05) is 7.05 Å². The van der Waals surface area contributed by atoms with Crippen molar-refractivity contribution in [2.75, 3.05) is 32.2 Å². The summed E-state index contributed by atoms with van der Waals surface area (Å²) in [5.74, 6) is 0.363. The van der Waals surface area contributed by atoms with Gasteiger partial charge in [-0.25, -0.2) is 4.79 Å². The number of carbonyl (C=O) groups excluding carboxylic acids is 1. The molecule has 1 unspecified atom stereocenters. The summed E-state index contributed by atoms with van der Waals surface area (Å²) >= 11 is 0. The number of hydrogen-bond acceptors (Lipinski definition) is 5. The van der Waals surface area contributed by atoms with Crippen molar-refractivity contribution in [3.05, 3.63) is 23.8 Å². The van der Waals surface area contributed by atoms with Gasteiger partial charge in [-0.2, -0.15) is 0 Å². The van der Waals surface area contributed by atoms with Crippen LogP contribution in [0, 0.1) is 0 Å². The van der Waals surface area contributed by atoms with E-state index in [1.165, 1.54) is 7.11 Å². The van der Waals surface area contributed by atoms with Gasteiger partial charge in [0.25, 0.3) is 0 Å². The molecule has 1 heterocycles. The fraction of sp³-hybridized carbons (Fsp3) is 0.462. The zero-order chi connectivity index (χ0) is 13.1. The highest BCUT2D eigenvalue weighted by Gasteiger charge is 2.24. The number of ether oxygens (including phenoxy) is 2. The summed E-state index contributed by atoms with van der Waals surface area (Å²) < 4.78 is 10.4. The summed E-state index contributed by atoms with van der Waals surface area (Å²) in [6.07, 6.45) is 0.884. The fourth-order valence-electron chi connectivity index (χ4n) is 2.13. The van der Waals surface area contributed by atoms with E-state index in [-0.39, 0.29) is 12.0 Å². The molecule has 0 bridgehead atoms. The topological polar surface area (TPSA) is 64.8 Å². The standard InChI is InChI=1S/C13H18N2O3/c1-15-10(5-6-14)8-18-12-7-9(13(16)17-2)3-4-11(12)15/h3-4,7,10H,5-6,8,14H2,1-2H3. The lowest BCUT2D eigenvalue weighted by molar-refractivity contribution is 0.0600. The van der Waals surface area contributed by atoms with E-state index < -0.39 is 0 Å². The second-order valence-electron chi connectivity index (χ2n) is 4.33. The third-order valence-electron chi connectivity index (χ3n) is 3.24. The average Bonchev–Trinajstić information content (AvgIpc) is 2.41. The van der Waals surface area contributed by atoms with Crippen molar-refractivity contribution >= 4 is 11.7 Å². The fourth-order valence-corrected chi connectivity index (χ4v) is 2.13. The number of methoxy groups -OCH3 is 1. The number of esters is 1. The van der Waals surface area contributed by atoms with Crippen LogP contribution < -0.4 is 15.4 Å². The molecular weight excluding hydrogens is 232 g/mol. The molecule has 0 radical (unpaired) electrons. The van der Waals surface area contributed by atoms with Gasteiger partial charge in [-0.3, -0.25) is 0 Å². The van der Waals surface area contributed by atoms with Crippen LogP contribution in [0.4, 0.5) is 5.69 Å². The predicted octanol–water partition coefficient (Wildman–Crippen LogP) is 1.02. The number of carbonyl (C=O) groups is 1. The van der Waals surface area contributed by atoms with Crippen molar-refractivity contribution in [1.29, 1.82) is 0 Å². The third-order valence-corrected chi connectivity index (χ3v) is 3.24. The molecule has 1 aliphatic heterocycles. The third kappa shape index (κ3) is 2.26. The number of likely N-dealkylation sites (N-methyl/N-ethyl adjacent to an activating group) is 1. The maximum absolute atomic E-state index is 11.4. The summed E-state index contributed by atoms with van der Waals surface area (Å²) in [7, 11) is 3.38. The van der Waals surface area contributed by atoms with E-state index in [1.54, 1.807) is 12.1 Å². The van der Waals surface area contributed by atoms with Crippen LogP contribution in [0.25, 0.3) is 0 Å². The van der Waals surface area contributed by atoms with Gasteiger partial charge in [0.2, 0.25) is 0 Å². The van der Waals surface area contributed by atoms with Crippen molar-refractivity contribution in [2.45, 2.75) is 12.5 Å². The van der Waals surface area contributed by atoms with Gasteiger partial charge in [-0.05, 0) is 31.2 Å². The molecule has 1 aliphatic rings. The first-order chi connectivity index (χ1) is 8.67. The molecule has 0 aliphatic carbocycles. The van der Waals surface area contributed by atoms with Crippen LogP contribution in [0.1, 0.15) is 16.8 Å². The maximum Gasteiger partial charge on any atom is 0.337 e. The van der Waals surface area contributed by atoms with Gasteiger partial charge < -0.3 is 20.1 Å². The number of anilines is 1. The first kappa shape index (κ1) is 12.7. The first-order valence-corrected chi connectivity index (χ1v) is 5.95. The number of benzene rings is 1. The van der Waals surface area contributed by atoms with Gasteiger partial charge in [0.15, 0.2) is 0 Å². The Morgan fingerprint density at radius 2 is 2.39 bits per heavy atom. The van der Waals surface area contributed by atoms with Gasteiger partial charge >= 0.3 is 5.97 Å². The Morgan fingerprint density at radius 3 is 3.06 bits per heavy atom. The van der Waals surface area contributed by atoms with Gasteiger partial charge in [-0.15, -0.1) is 0 Å². The highest BCUT2D eigenvalue weighted by atomic mass is 16.5. The van der Waals surface area contributed by atoms with Crippen molar-refractivity contribution in [2.24, 2.45) is 5.73 Å². The van der Waals surface area contributed by atoms with Crippen LogP contribution in [0.2, 0.25) is 0 Å². The van der Waals surface area contributed by atoms with Crippen LogP contribution >= 0.6 is 0 Å². The number of rotatable bonds is 3. The number of nitrogens with two attached hydrogens (primary N) is 1. The predicted molar refractivity (Wildman–Crippen MR) is 69.1 cm³/mol. The zero-order valence-corrected chi connectivity index (χ0v) is 10.7. The lowest BCUT2D eigenvalue weighted by Gasteiger charge is -2.35. The van der Waals surface area contributed by atoms with Crippen LogP contribution in [0.15, 0.2) is 18.2 Å². The molecule has 0 spiro atoms. The number of fused-ring (bicyclic) bond motifs is 1. The van der Waals surface area contributed by atoms with Crippen molar-refractivity contribution in [3.8, 4) is 5.75 Å². The molecule has 2 rings (SSSR count). The van der Waals surface area contributed by atoms with Gasteiger partial charge in [0.05, 0.1) is 24.4 Å². The summed E-state index contributed by atoms with van der Waals surface area (Å²) in [6, 6.07) is 5.63. The molecule has 5 nitrogen and oxygen atoms in total. The number of hydrogen-bond donors (Lipinski definition) is 1. The van der Waals surface area contributed by atoms with E-state index in [4.69, 9.17) is 10.5 Å². The molecule has 0 saturated heterocycles. The van der Waals surface area contributed by atoms with Crippen LogP contribution in [-0.4, -0.2) is 39.3 Å². The Balaban J connectivity index is 2.26. The Morgan fingerprint density at radius 1 is 1.61 bits per heavy atom.